The number of esters is 1. The van der Waals surface area contributed by atoms with Crippen LogP contribution in [0.3, 0.4) is 0 Å². The first kappa shape index (κ1) is 14.4. The van der Waals surface area contributed by atoms with Crippen molar-refractivity contribution in [1.29, 1.82) is 0 Å². The highest BCUT2D eigenvalue weighted by Gasteiger charge is 2.14. The zero-order valence-corrected chi connectivity index (χ0v) is 9.61. The van der Waals surface area contributed by atoms with Crippen molar-refractivity contribution in [2.24, 2.45) is 11.8 Å². The lowest BCUT2D eigenvalue weighted by molar-refractivity contribution is -0.148. The van der Waals surface area contributed by atoms with Crippen LogP contribution in [0, 0.1) is 11.8 Å². The molecule has 0 rings (SSSR count). The zero-order valence-electron chi connectivity index (χ0n) is 9.61. The topological polar surface area (TPSA) is 66.8 Å². The van der Waals surface area contributed by atoms with Crippen molar-refractivity contribution >= 4 is 5.97 Å². The summed E-state index contributed by atoms with van der Waals surface area (Å²) in [6, 6.07) is 0. The number of hydrogen-bond donors (Lipinski definition) is 2. The molecule has 0 fully saturated rings. The summed E-state index contributed by atoms with van der Waals surface area (Å²) < 4.78 is 5.03. The lowest BCUT2D eigenvalue weighted by atomic mass is 10.1. The van der Waals surface area contributed by atoms with E-state index in [1.165, 1.54) is 0 Å². The summed E-state index contributed by atoms with van der Waals surface area (Å²) >= 11 is 0. The summed E-state index contributed by atoms with van der Waals surface area (Å²) in [5.41, 5.74) is 0. The Kier molecular flexibility index (Phi) is 8.33. The molecular formula is C11H22O4. The van der Waals surface area contributed by atoms with Gasteiger partial charge in [-0.2, -0.15) is 0 Å². The van der Waals surface area contributed by atoms with E-state index < -0.39 is 0 Å². The Labute approximate surface area is 91.3 Å². The molecule has 15 heavy (non-hydrogen) atoms. The third-order valence-electron chi connectivity index (χ3n) is 2.41. The van der Waals surface area contributed by atoms with Gasteiger partial charge in [0, 0.05) is 19.1 Å². The highest BCUT2D eigenvalue weighted by Crippen LogP contribution is 2.08. The van der Waals surface area contributed by atoms with Gasteiger partial charge >= 0.3 is 5.97 Å². The van der Waals surface area contributed by atoms with Crippen LogP contribution < -0.4 is 0 Å². The van der Waals surface area contributed by atoms with Gasteiger partial charge in [-0.15, -0.1) is 0 Å². The van der Waals surface area contributed by atoms with Gasteiger partial charge in [0.1, 0.15) is 0 Å². The SMILES string of the molecule is CCCC(C)C(=O)OCCC(CO)CO. The van der Waals surface area contributed by atoms with Crippen molar-refractivity contribution in [3.63, 3.8) is 0 Å². The summed E-state index contributed by atoms with van der Waals surface area (Å²) in [6.07, 6.45) is 2.31. The molecule has 0 aromatic carbocycles. The largest absolute Gasteiger partial charge is 0.465 e. The van der Waals surface area contributed by atoms with Crippen LogP contribution in [0.1, 0.15) is 33.1 Å². The van der Waals surface area contributed by atoms with Gasteiger partial charge in [-0.1, -0.05) is 20.3 Å². The smallest absolute Gasteiger partial charge is 0.308 e. The van der Waals surface area contributed by atoms with Gasteiger partial charge in [0.25, 0.3) is 0 Å². The quantitative estimate of drug-likeness (QED) is 0.595. The average molecular weight is 218 g/mol. The number of aliphatic hydroxyl groups excluding tert-OH is 2. The normalized spacial score (nSPS) is 12.9. The van der Waals surface area contributed by atoms with Crippen molar-refractivity contribution in [2.45, 2.75) is 33.1 Å². The van der Waals surface area contributed by atoms with Gasteiger partial charge in [0.15, 0.2) is 0 Å². The van der Waals surface area contributed by atoms with Crippen molar-refractivity contribution in [3.05, 3.63) is 0 Å². The molecule has 0 aliphatic heterocycles. The Balaban J connectivity index is 3.62. The number of aliphatic hydroxyl groups is 2. The molecule has 1 unspecified atom stereocenters. The van der Waals surface area contributed by atoms with E-state index in [0.717, 1.165) is 12.8 Å². The fourth-order valence-corrected chi connectivity index (χ4v) is 1.26. The Morgan fingerprint density at radius 1 is 1.27 bits per heavy atom. The van der Waals surface area contributed by atoms with Gasteiger partial charge in [-0.3, -0.25) is 4.79 Å². The molecule has 0 spiro atoms. The maximum Gasteiger partial charge on any atom is 0.308 e. The maximum atomic E-state index is 11.3. The highest BCUT2D eigenvalue weighted by atomic mass is 16.5. The van der Waals surface area contributed by atoms with Gasteiger partial charge in [0.05, 0.1) is 12.5 Å². The van der Waals surface area contributed by atoms with Crippen molar-refractivity contribution in [3.8, 4) is 0 Å². The molecule has 0 radical (unpaired) electrons. The Hall–Kier alpha value is -0.610. The summed E-state index contributed by atoms with van der Waals surface area (Å²) in [5, 5.41) is 17.6. The summed E-state index contributed by atoms with van der Waals surface area (Å²) in [6.45, 7) is 4.01. The third kappa shape index (κ3) is 6.47. The minimum Gasteiger partial charge on any atom is -0.465 e. The number of rotatable bonds is 8. The molecule has 0 aromatic rings. The van der Waals surface area contributed by atoms with Crippen LogP contribution in [0.15, 0.2) is 0 Å². The fraction of sp³-hybridized carbons (Fsp3) is 0.909. The van der Waals surface area contributed by atoms with Crippen molar-refractivity contribution in [2.75, 3.05) is 19.8 Å². The first-order valence-electron chi connectivity index (χ1n) is 5.54. The summed E-state index contributed by atoms with van der Waals surface area (Å²) in [4.78, 5) is 11.3. The minimum absolute atomic E-state index is 0.0586. The molecule has 2 N–H and O–H groups in total. The first-order chi connectivity index (χ1) is 7.15. The second-order valence-corrected chi connectivity index (χ2v) is 3.88. The monoisotopic (exact) mass is 218 g/mol. The van der Waals surface area contributed by atoms with Gasteiger partial charge in [-0.05, 0) is 12.8 Å². The van der Waals surface area contributed by atoms with Crippen LogP contribution in [-0.2, 0) is 9.53 Å². The predicted octanol–water partition coefficient (Wildman–Crippen LogP) is 0.957. The zero-order chi connectivity index (χ0) is 11.7. The van der Waals surface area contributed by atoms with Crippen molar-refractivity contribution in [1.82, 2.24) is 0 Å². The van der Waals surface area contributed by atoms with E-state index in [4.69, 9.17) is 14.9 Å². The molecule has 0 aliphatic rings. The second-order valence-electron chi connectivity index (χ2n) is 3.88. The minimum atomic E-state index is -0.188. The molecule has 0 bridgehead atoms. The van der Waals surface area contributed by atoms with Crippen molar-refractivity contribution < 1.29 is 19.7 Å². The molecule has 90 valence electrons. The van der Waals surface area contributed by atoms with Gasteiger partial charge in [-0.25, -0.2) is 0 Å². The van der Waals surface area contributed by atoms with Crippen LogP contribution >= 0.6 is 0 Å². The predicted molar refractivity (Wildman–Crippen MR) is 57.3 cm³/mol. The maximum absolute atomic E-state index is 11.3. The molecule has 0 aromatic heterocycles. The van der Waals surface area contributed by atoms with Gasteiger partial charge in [0.2, 0.25) is 0 Å². The Bertz CT molecular complexity index is 166. The van der Waals surface area contributed by atoms with E-state index in [1.807, 2.05) is 13.8 Å². The highest BCUT2D eigenvalue weighted by molar-refractivity contribution is 5.71. The lowest BCUT2D eigenvalue weighted by Crippen LogP contribution is -2.19. The summed E-state index contributed by atoms with van der Waals surface area (Å²) in [5.74, 6) is -0.428. The molecular weight excluding hydrogens is 196 g/mol. The summed E-state index contributed by atoms with van der Waals surface area (Å²) in [7, 11) is 0. The number of carbonyl (C=O) groups is 1. The molecule has 0 amide bonds. The molecule has 1 atom stereocenters. The van der Waals surface area contributed by atoms with Crippen LogP contribution in [0.4, 0.5) is 0 Å². The molecule has 4 heteroatoms. The number of carbonyl (C=O) groups excluding carboxylic acids is 1. The molecule has 0 saturated carbocycles. The number of hydrogen-bond acceptors (Lipinski definition) is 4. The molecule has 4 nitrogen and oxygen atoms in total. The first-order valence-corrected chi connectivity index (χ1v) is 5.54. The number of ether oxygens (including phenoxy) is 1. The Morgan fingerprint density at radius 3 is 2.33 bits per heavy atom. The van der Waals surface area contributed by atoms with E-state index in [0.29, 0.717) is 6.42 Å². The van der Waals surface area contributed by atoms with Crippen LogP contribution in [-0.4, -0.2) is 36.0 Å². The van der Waals surface area contributed by atoms with E-state index in [9.17, 15) is 4.79 Å². The molecule has 0 aliphatic carbocycles. The van der Waals surface area contributed by atoms with Crippen LogP contribution in [0.25, 0.3) is 0 Å². The Morgan fingerprint density at radius 2 is 1.87 bits per heavy atom. The van der Waals surface area contributed by atoms with E-state index in [2.05, 4.69) is 0 Å². The third-order valence-corrected chi connectivity index (χ3v) is 2.41. The van der Waals surface area contributed by atoms with E-state index >= 15 is 0 Å². The lowest BCUT2D eigenvalue weighted by Gasteiger charge is -2.13. The second kappa shape index (κ2) is 8.68. The average Bonchev–Trinajstić information content (AvgIpc) is 2.24. The van der Waals surface area contributed by atoms with Crippen LogP contribution in [0.5, 0.6) is 0 Å². The van der Waals surface area contributed by atoms with Crippen LogP contribution in [0.2, 0.25) is 0 Å². The standard InChI is InChI=1S/C11H22O4/c1-3-4-9(2)11(14)15-6-5-10(7-12)8-13/h9-10,12-13H,3-8H2,1-2H3. The van der Waals surface area contributed by atoms with E-state index in [-0.39, 0.29) is 37.6 Å². The molecule has 0 heterocycles. The molecule has 0 saturated heterocycles. The van der Waals surface area contributed by atoms with Gasteiger partial charge < -0.3 is 14.9 Å². The van der Waals surface area contributed by atoms with E-state index in [1.54, 1.807) is 0 Å². The fourth-order valence-electron chi connectivity index (χ4n) is 1.26.